The van der Waals surface area contributed by atoms with Crippen molar-refractivity contribution in [3.8, 4) is 22.9 Å². The minimum atomic E-state index is -1.46. The van der Waals surface area contributed by atoms with Crippen LogP contribution in [0, 0.1) is 22.9 Å². The van der Waals surface area contributed by atoms with Crippen LogP contribution in [0.25, 0.3) is 0 Å². The summed E-state index contributed by atoms with van der Waals surface area (Å²) in [6, 6.07) is 8.21. The van der Waals surface area contributed by atoms with Crippen molar-refractivity contribution in [2.24, 2.45) is 0 Å². The zero-order chi connectivity index (χ0) is 11.8. The zero-order valence-electron chi connectivity index (χ0n) is 10.3. The maximum Gasteiger partial charge on any atom is 0.138 e. The van der Waals surface area contributed by atoms with E-state index >= 15 is 0 Å². The van der Waals surface area contributed by atoms with Crippen LogP contribution in [0.2, 0.25) is 26.2 Å². The van der Waals surface area contributed by atoms with Gasteiger partial charge in [0.15, 0.2) is 0 Å². The van der Waals surface area contributed by atoms with Gasteiger partial charge in [0.05, 0.1) is 0 Å². The van der Waals surface area contributed by atoms with Gasteiger partial charge in [-0.15, -0.1) is 11.1 Å². The first-order valence-corrected chi connectivity index (χ1v) is 12.6. The monoisotopic (exact) mass is 240 g/mol. The minimum absolute atomic E-state index is 1.10. The summed E-state index contributed by atoms with van der Waals surface area (Å²) < 4.78 is 0. The average Bonchev–Trinajstić information content (AvgIpc) is 2.23. The molecule has 0 saturated carbocycles. The van der Waals surface area contributed by atoms with E-state index in [-0.39, 0.29) is 0 Å². The summed E-state index contributed by atoms with van der Waals surface area (Å²) in [5, 5.41) is 0. The molecule has 0 bridgehead atoms. The molecule has 0 saturated heterocycles. The van der Waals surface area contributed by atoms with Gasteiger partial charge in [0, 0.05) is 11.1 Å². The fourth-order valence-electron chi connectivity index (χ4n) is 1.46. The highest BCUT2D eigenvalue weighted by atomic mass is 29.3. The molecule has 0 nitrogen and oxygen atoms in total. The molecular weight excluding hydrogens is 224 g/mol. The summed E-state index contributed by atoms with van der Waals surface area (Å²) in [6.45, 7) is 9.42. The lowest BCUT2D eigenvalue weighted by atomic mass is 10.1. The predicted molar refractivity (Wildman–Crippen MR) is 75.2 cm³/mol. The molecular formula is C14H16Si2. The first-order chi connectivity index (χ1) is 7.42. The van der Waals surface area contributed by atoms with Crippen molar-refractivity contribution in [1.82, 2.24) is 0 Å². The normalized spacial score (nSPS) is 19.0. The summed E-state index contributed by atoms with van der Waals surface area (Å²) in [5.74, 6) is 6.71. The highest BCUT2D eigenvalue weighted by Gasteiger charge is 2.39. The van der Waals surface area contributed by atoms with Crippen LogP contribution >= 0.6 is 0 Å². The van der Waals surface area contributed by atoms with Crippen LogP contribution in [0.3, 0.4) is 0 Å². The van der Waals surface area contributed by atoms with E-state index in [0.29, 0.717) is 0 Å². The fourth-order valence-corrected chi connectivity index (χ4v) is 5.23. The topological polar surface area (TPSA) is 0 Å². The van der Waals surface area contributed by atoms with Crippen molar-refractivity contribution in [3.63, 3.8) is 0 Å². The van der Waals surface area contributed by atoms with Crippen LogP contribution in [0.5, 0.6) is 0 Å². The van der Waals surface area contributed by atoms with Crippen molar-refractivity contribution >= 4 is 15.2 Å². The van der Waals surface area contributed by atoms with Gasteiger partial charge < -0.3 is 0 Å². The Balaban J connectivity index is 2.66. The van der Waals surface area contributed by atoms with E-state index in [4.69, 9.17) is 0 Å². The van der Waals surface area contributed by atoms with E-state index in [1.807, 2.05) is 12.1 Å². The average molecular weight is 240 g/mol. The fraction of sp³-hybridized carbons (Fsp3) is 0.286. The molecule has 0 amide bonds. The molecule has 1 aliphatic heterocycles. The smallest absolute Gasteiger partial charge is 0.128 e. The van der Waals surface area contributed by atoms with E-state index in [1.54, 1.807) is 0 Å². The third kappa shape index (κ3) is 1.87. The lowest BCUT2D eigenvalue weighted by Gasteiger charge is -2.28. The van der Waals surface area contributed by atoms with Gasteiger partial charge in [-0.3, -0.25) is 0 Å². The lowest BCUT2D eigenvalue weighted by Crippen LogP contribution is -2.53. The number of rotatable bonds is 0. The molecule has 1 aromatic rings. The zero-order valence-corrected chi connectivity index (χ0v) is 12.3. The van der Waals surface area contributed by atoms with Crippen molar-refractivity contribution in [2.45, 2.75) is 26.2 Å². The summed E-state index contributed by atoms with van der Waals surface area (Å²) in [4.78, 5) is 0. The Morgan fingerprint density at radius 2 is 1.12 bits per heavy atom. The van der Waals surface area contributed by atoms with Gasteiger partial charge in [0.1, 0.15) is 15.2 Å². The van der Waals surface area contributed by atoms with Gasteiger partial charge in [-0.05, 0) is 12.1 Å². The Labute approximate surface area is 99.9 Å². The van der Waals surface area contributed by atoms with Gasteiger partial charge in [-0.2, -0.15) is 0 Å². The highest BCUT2D eigenvalue weighted by Crippen LogP contribution is 2.19. The van der Waals surface area contributed by atoms with E-state index in [2.05, 4.69) is 61.2 Å². The molecule has 2 rings (SSSR count). The molecule has 0 radical (unpaired) electrons. The molecule has 1 aromatic carbocycles. The molecule has 1 heterocycles. The lowest BCUT2D eigenvalue weighted by molar-refractivity contribution is 1.59. The van der Waals surface area contributed by atoms with Gasteiger partial charge in [0.25, 0.3) is 0 Å². The maximum absolute atomic E-state index is 3.56. The van der Waals surface area contributed by atoms with Crippen LogP contribution in [-0.2, 0) is 0 Å². The van der Waals surface area contributed by atoms with E-state index < -0.39 is 15.2 Å². The third-order valence-electron chi connectivity index (χ3n) is 3.51. The number of fused-ring (bicyclic) bond motifs is 1. The van der Waals surface area contributed by atoms with Gasteiger partial charge in [0.2, 0.25) is 0 Å². The Morgan fingerprint density at radius 3 is 1.50 bits per heavy atom. The highest BCUT2D eigenvalue weighted by molar-refractivity contribution is 7.46. The van der Waals surface area contributed by atoms with Crippen molar-refractivity contribution < 1.29 is 0 Å². The van der Waals surface area contributed by atoms with E-state index in [0.717, 1.165) is 11.1 Å². The summed E-state index contributed by atoms with van der Waals surface area (Å²) in [5.41, 5.74) is 9.31. The minimum Gasteiger partial charge on any atom is -0.128 e. The number of hydrogen-bond acceptors (Lipinski definition) is 0. The SMILES string of the molecule is C[Si]1(C)C#Cc2ccccc2C#C[Si]1(C)C. The largest absolute Gasteiger partial charge is 0.138 e. The second-order valence-electron chi connectivity index (χ2n) is 5.30. The van der Waals surface area contributed by atoms with Crippen molar-refractivity contribution in [3.05, 3.63) is 35.4 Å². The predicted octanol–water partition coefficient (Wildman–Crippen LogP) is 2.98. The summed E-state index contributed by atoms with van der Waals surface area (Å²) in [6.07, 6.45) is 0. The van der Waals surface area contributed by atoms with E-state index in [1.165, 1.54) is 0 Å². The first kappa shape index (κ1) is 11.3. The standard InChI is InChI=1S/C14H16Si2/c1-15(2)11-9-13-7-5-6-8-14(13)10-12-16(15,3)4/h5-8H,1-4H3. The Bertz CT molecular complexity index is 494. The molecule has 2 heteroatoms. The van der Waals surface area contributed by atoms with Crippen LogP contribution in [0.4, 0.5) is 0 Å². The number of hydrogen-bond donors (Lipinski definition) is 0. The summed E-state index contributed by atoms with van der Waals surface area (Å²) >= 11 is 0. The third-order valence-corrected chi connectivity index (χ3v) is 18.3. The number of benzene rings is 1. The van der Waals surface area contributed by atoms with Crippen LogP contribution in [-0.4, -0.2) is 15.2 Å². The Morgan fingerprint density at radius 1 is 0.750 bits per heavy atom. The van der Waals surface area contributed by atoms with Gasteiger partial charge in [-0.1, -0.05) is 50.2 Å². The second kappa shape index (κ2) is 3.66. The molecule has 0 N–H and O–H groups in total. The van der Waals surface area contributed by atoms with Crippen molar-refractivity contribution in [2.75, 3.05) is 0 Å². The molecule has 0 atom stereocenters. The molecule has 16 heavy (non-hydrogen) atoms. The van der Waals surface area contributed by atoms with Crippen LogP contribution in [0.1, 0.15) is 11.1 Å². The molecule has 0 spiro atoms. The first-order valence-electron chi connectivity index (χ1n) is 5.58. The molecule has 0 unspecified atom stereocenters. The van der Waals surface area contributed by atoms with Gasteiger partial charge in [-0.25, -0.2) is 0 Å². The second-order valence-corrected chi connectivity index (χ2v) is 19.8. The van der Waals surface area contributed by atoms with Crippen LogP contribution < -0.4 is 0 Å². The molecule has 0 fully saturated rings. The quantitative estimate of drug-likeness (QED) is 0.483. The molecule has 80 valence electrons. The Kier molecular flexibility index (Phi) is 2.58. The molecule has 1 aliphatic rings. The summed E-state index contributed by atoms with van der Waals surface area (Å²) in [7, 11) is -2.93. The Hall–Kier alpha value is -1.23. The van der Waals surface area contributed by atoms with Gasteiger partial charge >= 0.3 is 0 Å². The molecule has 0 aliphatic carbocycles. The van der Waals surface area contributed by atoms with E-state index in [9.17, 15) is 0 Å². The van der Waals surface area contributed by atoms with Crippen molar-refractivity contribution in [1.29, 1.82) is 0 Å². The maximum atomic E-state index is 3.56. The van der Waals surface area contributed by atoms with Crippen LogP contribution in [0.15, 0.2) is 24.3 Å². The molecule has 0 aromatic heterocycles.